The van der Waals surface area contributed by atoms with Gasteiger partial charge in [-0.15, -0.1) is 0 Å². The number of nitrogens with two attached hydrogens (primary N) is 1. The van der Waals surface area contributed by atoms with Crippen molar-refractivity contribution in [3.05, 3.63) is 30.7 Å². The monoisotopic (exact) mass is 300 g/mol. The van der Waals surface area contributed by atoms with E-state index in [1.807, 2.05) is 0 Å². The summed E-state index contributed by atoms with van der Waals surface area (Å²) in [5.74, 6) is 0.195. The van der Waals surface area contributed by atoms with Crippen LogP contribution in [0.4, 0.5) is 11.6 Å². The molecule has 3 aromatic rings. The van der Waals surface area contributed by atoms with Crippen LogP contribution < -0.4 is 11.1 Å². The van der Waals surface area contributed by atoms with E-state index < -0.39 is 6.10 Å². The first-order valence-corrected chi connectivity index (χ1v) is 6.77. The predicted molar refractivity (Wildman–Crippen MR) is 83.1 cm³/mol. The molecule has 3 rings (SSSR count). The number of rotatable bonds is 5. The topological polar surface area (TPSA) is 133 Å². The highest BCUT2D eigenvalue weighted by molar-refractivity contribution is 6.01. The Morgan fingerprint density at radius 3 is 2.86 bits per heavy atom. The molecule has 3 heterocycles. The van der Waals surface area contributed by atoms with Gasteiger partial charge in [0.15, 0.2) is 0 Å². The number of fused-ring (bicyclic) bond motifs is 1. The zero-order valence-corrected chi connectivity index (χ0v) is 11.7. The Hall–Kier alpha value is -2.71. The van der Waals surface area contributed by atoms with Gasteiger partial charge in [0, 0.05) is 36.4 Å². The lowest BCUT2D eigenvalue weighted by Crippen LogP contribution is -2.23. The minimum absolute atomic E-state index is 0.195. The average Bonchev–Trinajstić information content (AvgIpc) is 2.97. The molecule has 0 aliphatic rings. The second-order valence-electron chi connectivity index (χ2n) is 4.80. The third-order valence-electron chi connectivity index (χ3n) is 3.26. The number of anilines is 2. The minimum atomic E-state index is -0.833. The van der Waals surface area contributed by atoms with Crippen LogP contribution in [-0.2, 0) is 0 Å². The summed E-state index contributed by atoms with van der Waals surface area (Å²) in [5.41, 5.74) is 8.62. The molecule has 8 heteroatoms. The molecular formula is C14H16N6O2. The van der Waals surface area contributed by atoms with E-state index in [9.17, 15) is 5.11 Å². The molecule has 0 aliphatic heterocycles. The molecule has 114 valence electrons. The van der Waals surface area contributed by atoms with Crippen LogP contribution in [0, 0.1) is 0 Å². The van der Waals surface area contributed by atoms with E-state index in [4.69, 9.17) is 10.8 Å². The van der Waals surface area contributed by atoms with Gasteiger partial charge in [-0.1, -0.05) is 0 Å². The fourth-order valence-electron chi connectivity index (χ4n) is 2.22. The SMILES string of the molecule is Nc1nccc(-c2c[nH]c3nccc(NCC(O)CO)c23)n1. The van der Waals surface area contributed by atoms with Crippen molar-refractivity contribution in [1.82, 2.24) is 19.9 Å². The van der Waals surface area contributed by atoms with Gasteiger partial charge < -0.3 is 26.2 Å². The van der Waals surface area contributed by atoms with E-state index in [-0.39, 0.29) is 19.1 Å². The van der Waals surface area contributed by atoms with Crippen molar-refractivity contribution in [1.29, 1.82) is 0 Å². The highest BCUT2D eigenvalue weighted by Crippen LogP contribution is 2.32. The van der Waals surface area contributed by atoms with Gasteiger partial charge in [-0.25, -0.2) is 15.0 Å². The highest BCUT2D eigenvalue weighted by atomic mass is 16.3. The number of hydrogen-bond acceptors (Lipinski definition) is 7. The van der Waals surface area contributed by atoms with Gasteiger partial charge in [0.2, 0.25) is 5.95 Å². The van der Waals surface area contributed by atoms with Crippen LogP contribution in [-0.4, -0.2) is 49.4 Å². The molecule has 0 saturated carbocycles. The summed E-state index contributed by atoms with van der Waals surface area (Å²) in [7, 11) is 0. The Bertz CT molecular complexity index is 788. The molecular weight excluding hydrogens is 284 g/mol. The van der Waals surface area contributed by atoms with Gasteiger partial charge >= 0.3 is 0 Å². The van der Waals surface area contributed by atoms with E-state index in [0.29, 0.717) is 11.3 Å². The van der Waals surface area contributed by atoms with Crippen molar-refractivity contribution < 1.29 is 10.2 Å². The molecule has 3 aromatic heterocycles. The second-order valence-corrected chi connectivity index (χ2v) is 4.80. The van der Waals surface area contributed by atoms with Gasteiger partial charge in [0.25, 0.3) is 0 Å². The Kier molecular flexibility index (Phi) is 3.86. The molecule has 0 radical (unpaired) electrons. The summed E-state index contributed by atoms with van der Waals surface area (Å²) in [6, 6.07) is 3.56. The van der Waals surface area contributed by atoms with Crippen molar-refractivity contribution in [2.75, 3.05) is 24.2 Å². The molecule has 1 atom stereocenters. The maximum atomic E-state index is 9.49. The molecule has 0 aromatic carbocycles. The van der Waals surface area contributed by atoms with Crippen LogP contribution >= 0.6 is 0 Å². The first-order chi connectivity index (χ1) is 10.7. The van der Waals surface area contributed by atoms with Crippen LogP contribution in [0.3, 0.4) is 0 Å². The third kappa shape index (κ3) is 2.69. The van der Waals surface area contributed by atoms with Crippen molar-refractivity contribution in [3.8, 4) is 11.3 Å². The molecule has 0 saturated heterocycles. The molecule has 0 amide bonds. The maximum Gasteiger partial charge on any atom is 0.220 e. The Balaban J connectivity index is 2.05. The number of nitrogen functional groups attached to an aromatic ring is 1. The van der Waals surface area contributed by atoms with Crippen molar-refractivity contribution in [2.24, 2.45) is 0 Å². The molecule has 0 bridgehead atoms. The number of aromatic amines is 1. The highest BCUT2D eigenvalue weighted by Gasteiger charge is 2.13. The van der Waals surface area contributed by atoms with Gasteiger partial charge in [-0.2, -0.15) is 0 Å². The summed E-state index contributed by atoms with van der Waals surface area (Å²) >= 11 is 0. The Morgan fingerprint density at radius 1 is 1.27 bits per heavy atom. The summed E-state index contributed by atoms with van der Waals surface area (Å²) < 4.78 is 0. The van der Waals surface area contributed by atoms with E-state index in [2.05, 4.69) is 25.3 Å². The second kappa shape index (κ2) is 5.96. The quantitative estimate of drug-likeness (QED) is 0.459. The number of nitrogens with zero attached hydrogens (tertiary/aromatic N) is 3. The number of pyridine rings is 1. The Labute approximate surface area is 126 Å². The largest absolute Gasteiger partial charge is 0.394 e. The fraction of sp³-hybridized carbons (Fsp3) is 0.214. The Morgan fingerprint density at radius 2 is 2.09 bits per heavy atom. The molecule has 1 unspecified atom stereocenters. The molecule has 8 nitrogen and oxygen atoms in total. The summed E-state index contributed by atoms with van der Waals surface area (Å²) in [5, 5.41) is 22.3. The van der Waals surface area contributed by atoms with E-state index in [0.717, 1.165) is 16.6 Å². The number of H-pyrrole nitrogens is 1. The van der Waals surface area contributed by atoms with Crippen molar-refractivity contribution in [3.63, 3.8) is 0 Å². The van der Waals surface area contributed by atoms with Crippen molar-refractivity contribution in [2.45, 2.75) is 6.10 Å². The fourth-order valence-corrected chi connectivity index (χ4v) is 2.22. The number of aliphatic hydroxyl groups is 2. The number of aliphatic hydroxyl groups excluding tert-OH is 2. The van der Waals surface area contributed by atoms with Gasteiger partial charge in [0.1, 0.15) is 5.65 Å². The van der Waals surface area contributed by atoms with Crippen LogP contribution in [0.25, 0.3) is 22.3 Å². The van der Waals surface area contributed by atoms with E-state index in [1.165, 1.54) is 0 Å². The number of hydrogen-bond donors (Lipinski definition) is 5. The third-order valence-corrected chi connectivity index (χ3v) is 3.26. The maximum absolute atomic E-state index is 9.49. The lowest BCUT2D eigenvalue weighted by molar-refractivity contribution is 0.105. The summed E-state index contributed by atoms with van der Waals surface area (Å²) in [4.78, 5) is 15.5. The van der Waals surface area contributed by atoms with Crippen LogP contribution in [0.1, 0.15) is 0 Å². The molecule has 6 N–H and O–H groups in total. The zero-order chi connectivity index (χ0) is 15.5. The molecule has 22 heavy (non-hydrogen) atoms. The first-order valence-electron chi connectivity index (χ1n) is 6.77. The van der Waals surface area contributed by atoms with E-state index >= 15 is 0 Å². The summed E-state index contributed by atoms with van der Waals surface area (Å²) in [6.07, 6.45) is 4.22. The average molecular weight is 300 g/mol. The van der Waals surface area contributed by atoms with E-state index in [1.54, 1.807) is 30.7 Å². The van der Waals surface area contributed by atoms with Crippen LogP contribution in [0.5, 0.6) is 0 Å². The van der Waals surface area contributed by atoms with Crippen LogP contribution in [0.2, 0.25) is 0 Å². The molecule has 0 aliphatic carbocycles. The molecule has 0 spiro atoms. The van der Waals surface area contributed by atoms with Crippen LogP contribution in [0.15, 0.2) is 30.7 Å². The van der Waals surface area contributed by atoms with Crippen molar-refractivity contribution >= 4 is 22.7 Å². The predicted octanol–water partition coefficient (Wildman–Crippen LogP) is 0.367. The van der Waals surface area contributed by atoms with Gasteiger partial charge in [-0.05, 0) is 12.1 Å². The standard InChI is InChI=1S/C14H16N6O2/c15-14-17-4-1-10(20-14)9-6-19-13-12(9)11(2-3-16-13)18-5-8(22)7-21/h1-4,6,8,21-22H,5,7H2,(H2,15,17,20)(H2,16,18,19). The number of nitrogens with one attached hydrogen (secondary N) is 2. The smallest absolute Gasteiger partial charge is 0.220 e. The normalized spacial score (nSPS) is 12.5. The zero-order valence-electron chi connectivity index (χ0n) is 11.7. The van der Waals surface area contributed by atoms with Gasteiger partial charge in [0.05, 0.1) is 23.8 Å². The number of aromatic nitrogens is 4. The minimum Gasteiger partial charge on any atom is -0.394 e. The lowest BCUT2D eigenvalue weighted by Gasteiger charge is -2.12. The molecule has 0 fully saturated rings. The van der Waals surface area contributed by atoms with Gasteiger partial charge in [-0.3, -0.25) is 0 Å². The summed E-state index contributed by atoms with van der Waals surface area (Å²) in [6.45, 7) is -0.0736. The lowest BCUT2D eigenvalue weighted by atomic mass is 10.1. The first kappa shape index (κ1) is 14.2.